The largest absolute Gasteiger partial charge is 0.314 e. The van der Waals surface area contributed by atoms with Crippen LogP contribution in [0, 0.1) is 0 Å². The van der Waals surface area contributed by atoms with E-state index in [0.717, 1.165) is 32.4 Å². The van der Waals surface area contributed by atoms with E-state index in [0.29, 0.717) is 6.04 Å². The van der Waals surface area contributed by atoms with Gasteiger partial charge in [-0.05, 0) is 38.6 Å². The Morgan fingerprint density at radius 2 is 2.10 bits per heavy atom. The third-order valence-electron chi connectivity index (χ3n) is 3.80. The van der Waals surface area contributed by atoms with Gasteiger partial charge in [-0.15, -0.1) is 0 Å². The van der Waals surface area contributed by atoms with Crippen molar-refractivity contribution in [3.8, 4) is 0 Å². The topological polar surface area (TPSA) is 76.0 Å². The van der Waals surface area contributed by atoms with E-state index in [9.17, 15) is 8.42 Å². The number of aryl methyl sites for hydroxylation is 1. The minimum absolute atomic E-state index is 0.0129. The van der Waals surface area contributed by atoms with E-state index in [1.165, 1.54) is 19.0 Å². The van der Waals surface area contributed by atoms with Crippen LogP contribution >= 0.6 is 0 Å². The lowest BCUT2D eigenvalue weighted by Gasteiger charge is -2.13. The van der Waals surface area contributed by atoms with Gasteiger partial charge in [0, 0.05) is 24.8 Å². The summed E-state index contributed by atoms with van der Waals surface area (Å²) >= 11 is 0. The van der Waals surface area contributed by atoms with Crippen LogP contribution in [0.15, 0.2) is 17.3 Å². The minimum Gasteiger partial charge on any atom is -0.314 e. The van der Waals surface area contributed by atoms with E-state index in [2.05, 4.69) is 15.1 Å². The van der Waals surface area contributed by atoms with Gasteiger partial charge in [0.25, 0.3) is 0 Å². The molecule has 0 saturated heterocycles. The molecule has 0 unspecified atom stereocenters. The predicted molar refractivity (Wildman–Crippen MR) is 82.6 cm³/mol. The first-order chi connectivity index (χ1) is 10.0. The lowest BCUT2D eigenvalue weighted by Crippen LogP contribution is -2.33. The molecule has 1 fully saturated rings. The second-order valence-electron chi connectivity index (χ2n) is 5.66. The summed E-state index contributed by atoms with van der Waals surface area (Å²) < 4.78 is 28.9. The number of rotatable bonds is 10. The Morgan fingerprint density at radius 3 is 2.71 bits per heavy atom. The summed E-state index contributed by atoms with van der Waals surface area (Å²) in [4.78, 5) is 0.254. The van der Waals surface area contributed by atoms with E-state index in [4.69, 9.17) is 0 Å². The van der Waals surface area contributed by atoms with Gasteiger partial charge in [0.1, 0.15) is 4.90 Å². The quantitative estimate of drug-likeness (QED) is 0.642. The fourth-order valence-electron chi connectivity index (χ4n) is 2.18. The maximum atomic E-state index is 12.2. The molecule has 0 aromatic carbocycles. The fourth-order valence-corrected chi connectivity index (χ4v) is 3.54. The van der Waals surface area contributed by atoms with Gasteiger partial charge in [-0.3, -0.25) is 4.68 Å². The Bertz CT molecular complexity index is 533. The van der Waals surface area contributed by atoms with Crippen LogP contribution < -0.4 is 10.0 Å². The van der Waals surface area contributed by atoms with Crippen LogP contribution in [-0.4, -0.2) is 36.8 Å². The third kappa shape index (κ3) is 5.09. The summed E-state index contributed by atoms with van der Waals surface area (Å²) in [7, 11) is -3.45. The number of hydrogen-bond donors (Lipinski definition) is 2. The smallest absolute Gasteiger partial charge is 0.243 e. The van der Waals surface area contributed by atoms with E-state index in [-0.39, 0.29) is 10.9 Å². The van der Waals surface area contributed by atoms with Crippen molar-refractivity contribution in [3.05, 3.63) is 12.4 Å². The maximum absolute atomic E-state index is 12.2. The lowest BCUT2D eigenvalue weighted by molar-refractivity contribution is 0.528. The highest BCUT2D eigenvalue weighted by atomic mass is 32.2. The van der Waals surface area contributed by atoms with Crippen molar-refractivity contribution in [2.45, 2.75) is 69.5 Å². The standard InChI is InChI=1S/C14H26N4O2S/c1-3-12(4-2)17-21(19,20)14-10-16-18(11-14)9-5-8-15-13-6-7-13/h10-13,15,17H,3-9H2,1-2H3. The summed E-state index contributed by atoms with van der Waals surface area (Å²) in [6, 6.07) is 0.698. The molecule has 6 nitrogen and oxygen atoms in total. The second kappa shape index (κ2) is 7.38. The van der Waals surface area contributed by atoms with E-state index in [1.54, 1.807) is 10.9 Å². The summed E-state index contributed by atoms with van der Waals surface area (Å²) in [6.07, 6.45) is 8.14. The van der Waals surface area contributed by atoms with Crippen LogP contribution in [0.2, 0.25) is 0 Å². The van der Waals surface area contributed by atoms with Crippen molar-refractivity contribution in [2.75, 3.05) is 6.54 Å². The first-order valence-corrected chi connectivity index (χ1v) is 9.31. The van der Waals surface area contributed by atoms with Crippen molar-refractivity contribution in [3.63, 3.8) is 0 Å². The zero-order chi connectivity index (χ0) is 15.3. The molecule has 2 N–H and O–H groups in total. The molecule has 1 aromatic heterocycles. The first kappa shape index (κ1) is 16.5. The number of hydrogen-bond acceptors (Lipinski definition) is 4. The molecule has 120 valence electrons. The van der Waals surface area contributed by atoms with Gasteiger partial charge in [-0.25, -0.2) is 13.1 Å². The van der Waals surface area contributed by atoms with Crippen molar-refractivity contribution >= 4 is 10.0 Å². The van der Waals surface area contributed by atoms with Crippen LogP contribution in [0.5, 0.6) is 0 Å². The highest BCUT2D eigenvalue weighted by Crippen LogP contribution is 2.18. The zero-order valence-corrected chi connectivity index (χ0v) is 13.7. The monoisotopic (exact) mass is 314 g/mol. The molecule has 1 aromatic rings. The molecule has 21 heavy (non-hydrogen) atoms. The van der Waals surface area contributed by atoms with Gasteiger partial charge in [0.15, 0.2) is 0 Å². The normalized spacial score (nSPS) is 15.8. The van der Waals surface area contributed by atoms with Crippen LogP contribution in [0.3, 0.4) is 0 Å². The zero-order valence-electron chi connectivity index (χ0n) is 12.9. The predicted octanol–water partition coefficient (Wildman–Crippen LogP) is 1.49. The Labute approximate surface area is 127 Å². The molecule has 0 bridgehead atoms. The van der Waals surface area contributed by atoms with Crippen molar-refractivity contribution < 1.29 is 8.42 Å². The van der Waals surface area contributed by atoms with Gasteiger partial charge < -0.3 is 5.32 Å². The van der Waals surface area contributed by atoms with Crippen LogP contribution in [-0.2, 0) is 16.6 Å². The highest BCUT2D eigenvalue weighted by molar-refractivity contribution is 7.89. The minimum atomic E-state index is -3.45. The Balaban J connectivity index is 1.85. The molecular weight excluding hydrogens is 288 g/mol. The molecule has 0 aliphatic heterocycles. The number of nitrogens with one attached hydrogen (secondary N) is 2. The van der Waals surface area contributed by atoms with Gasteiger partial charge in [-0.1, -0.05) is 13.8 Å². The maximum Gasteiger partial charge on any atom is 0.243 e. The van der Waals surface area contributed by atoms with E-state index < -0.39 is 10.0 Å². The van der Waals surface area contributed by atoms with Crippen molar-refractivity contribution in [1.82, 2.24) is 19.8 Å². The average Bonchev–Trinajstić information content (AvgIpc) is 3.16. The lowest BCUT2D eigenvalue weighted by atomic mass is 10.2. The molecule has 1 saturated carbocycles. The van der Waals surface area contributed by atoms with Gasteiger partial charge in [0.2, 0.25) is 10.0 Å². The SMILES string of the molecule is CCC(CC)NS(=O)(=O)c1cnn(CCCNC2CC2)c1. The second-order valence-corrected chi connectivity index (χ2v) is 7.37. The van der Waals surface area contributed by atoms with Crippen LogP contribution in [0.4, 0.5) is 0 Å². The summed E-state index contributed by atoms with van der Waals surface area (Å²) in [5, 5.41) is 7.58. The fraction of sp³-hybridized carbons (Fsp3) is 0.786. The molecule has 1 aliphatic carbocycles. The molecule has 2 rings (SSSR count). The molecule has 0 spiro atoms. The van der Waals surface area contributed by atoms with E-state index >= 15 is 0 Å². The molecule has 1 aliphatic rings. The van der Waals surface area contributed by atoms with Gasteiger partial charge in [-0.2, -0.15) is 5.10 Å². The number of aromatic nitrogens is 2. The molecule has 0 radical (unpaired) electrons. The Kier molecular flexibility index (Phi) is 5.78. The van der Waals surface area contributed by atoms with Crippen molar-refractivity contribution in [1.29, 1.82) is 0 Å². The van der Waals surface area contributed by atoms with Crippen molar-refractivity contribution in [2.24, 2.45) is 0 Å². The number of nitrogens with zero attached hydrogens (tertiary/aromatic N) is 2. The summed E-state index contributed by atoms with van der Waals surface area (Å²) in [5.41, 5.74) is 0. The third-order valence-corrected chi connectivity index (χ3v) is 5.28. The number of sulfonamides is 1. The summed E-state index contributed by atoms with van der Waals surface area (Å²) in [6.45, 7) is 5.65. The molecule has 1 heterocycles. The molecular formula is C14H26N4O2S. The van der Waals surface area contributed by atoms with Crippen LogP contribution in [0.1, 0.15) is 46.0 Å². The first-order valence-electron chi connectivity index (χ1n) is 7.83. The van der Waals surface area contributed by atoms with Gasteiger partial charge >= 0.3 is 0 Å². The van der Waals surface area contributed by atoms with E-state index in [1.807, 2.05) is 13.8 Å². The van der Waals surface area contributed by atoms with Crippen LogP contribution in [0.25, 0.3) is 0 Å². The van der Waals surface area contributed by atoms with Gasteiger partial charge in [0.05, 0.1) is 6.20 Å². The summed E-state index contributed by atoms with van der Waals surface area (Å²) in [5.74, 6) is 0. The highest BCUT2D eigenvalue weighted by Gasteiger charge is 2.20. The average molecular weight is 314 g/mol. The molecule has 0 amide bonds. The molecule has 0 atom stereocenters. The molecule has 7 heteroatoms. The Morgan fingerprint density at radius 1 is 1.38 bits per heavy atom. The Hall–Kier alpha value is -0.920.